The van der Waals surface area contributed by atoms with Crippen molar-refractivity contribution in [3.05, 3.63) is 0 Å². The Morgan fingerprint density at radius 1 is 0.557 bits per heavy atom. The largest absolute Gasteiger partial charge is 0.394 e. The number of nitrogens with one attached hydrogen (secondary N) is 2. The minimum absolute atomic E-state index is 0.105. The summed E-state index contributed by atoms with van der Waals surface area (Å²) >= 11 is 6.95. The highest BCUT2D eigenvalue weighted by molar-refractivity contribution is 7.99. The lowest BCUT2D eigenvalue weighted by atomic mass is 9.85. The summed E-state index contributed by atoms with van der Waals surface area (Å²) in [6.07, 6.45) is -26.5. The van der Waals surface area contributed by atoms with Crippen molar-refractivity contribution in [2.75, 3.05) is 57.9 Å². The lowest BCUT2D eigenvalue weighted by molar-refractivity contribution is -0.323. The van der Waals surface area contributed by atoms with Crippen LogP contribution in [0.1, 0.15) is 25.7 Å². The van der Waals surface area contributed by atoms with Crippen LogP contribution in [0, 0.1) is 5.92 Å². The van der Waals surface area contributed by atoms with E-state index in [-0.39, 0.29) is 16.9 Å². The second-order valence-corrected chi connectivity index (χ2v) is 17.3. The molecule has 0 aromatic carbocycles. The van der Waals surface area contributed by atoms with E-state index >= 15 is 0 Å². The van der Waals surface area contributed by atoms with Crippen LogP contribution in [0.15, 0.2) is 0 Å². The van der Waals surface area contributed by atoms with Gasteiger partial charge in [0.25, 0.3) is 0 Å². The summed E-state index contributed by atoms with van der Waals surface area (Å²) in [7, 11) is 0. The Morgan fingerprint density at radius 3 is 1.46 bits per heavy atom. The van der Waals surface area contributed by atoms with Crippen molar-refractivity contribution < 1.29 is 109 Å². The molecule has 24 nitrogen and oxygen atoms in total. The van der Waals surface area contributed by atoms with Crippen LogP contribution in [0.3, 0.4) is 0 Å². The molecule has 6 saturated heterocycles. The van der Waals surface area contributed by atoms with E-state index in [9.17, 15) is 71.5 Å². The van der Waals surface area contributed by atoms with Crippen molar-refractivity contribution in [1.82, 2.24) is 10.6 Å². The van der Waals surface area contributed by atoms with Crippen molar-refractivity contribution >= 4 is 29.1 Å². The van der Waals surface area contributed by atoms with E-state index in [1.165, 1.54) is 11.8 Å². The number of thioether (sulfide) groups is 1. The molecule has 16 N–H and O–H groups in total. The van der Waals surface area contributed by atoms with Crippen molar-refractivity contribution in [2.24, 2.45) is 5.92 Å². The zero-order chi connectivity index (χ0) is 44.6. The Hall–Kier alpha value is -0.840. The van der Waals surface area contributed by atoms with Gasteiger partial charge >= 0.3 is 0 Å². The van der Waals surface area contributed by atoms with Gasteiger partial charge in [-0.25, -0.2) is 0 Å². The molecule has 0 aliphatic carbocycles. The molecule has 6 fully saturated rings. The maximum atomic E-state index is 10.9. The third kappa shape index (κ3) is 12.5. The van der Waals surface area contributed by atoms with Crippen molar-refractivity contribution in [2.45, 2.75) is 148 Å². The van der Waals surface area contributed by atoms with Gasteiger partial charge in [0.2, 0.25) is 0 Å². The quantitative estimate of drug-likeness (QED) is 0.0366. The zero-order valence-electron chi connectivity index (χ0n) is 33.1. The maximum absolute atomic E-state index is 10.9. The standard InChI is InChI=1S/C35H62N2O22S2/c38-6-15-20(42)23(45)27(49)31(56-15)53-10-35(11-54-32-28(50)24(46)21(43)16(7-39)57-32,12-55-33-29(51)25(47)22(44)17(8-40)58-33)37-34(60)36-13-61-9-18-14-4-2-1-3-5-52-30(59-18)26(48)19(14)41/h14-33,38-51H,1-13H2,(H2,36,37,60)/t14?,15?,16?,17?,18?,19-,20-,21-,22-,23+,24+,25+,26?,27?,28?,29?,30+,31+,32+,33+,35?/m1/s1. The average Bonchev–Trinajstić information content (AvgIpc) is 3.25. The number of hydrogen-bond acceptors (Lipinski definition) is 24. The zero-order valence-corrected chi connectivity index (χ0v) is 34.7. The van der Waals surface area contributed by atoms with E-state index in [1.807, 2.05) is 0 Å². The average molecular weight is 927 g/mol. The van der Waals surface area contributed by atoms with Gasteiger partial charge in [0.05, 0.1) is 57.7 Å². The molecule has 0 aromatic heterocycles. The summed E-state index contributed by atoms with van der Waals surface area (Å²) in [4.78, 5) is 0. The molecule has 6 rings (SSSR count). The summed E-state index contributed by atoms with van der Waals surface area (Å²) in [6, 6.07) is 0. The summed E-state index contributed by atoms with van der Waals surface area (Å²) in [5.41, 5.74) is -1.90. The van der Waals surface area contributed by atoms with Gasteiger partial charge in [-0.15, -0.1) is 11.8 Å². The number of thiocarbonyl (C=S) groups is 1. The summed E-state index contributed by atoms with van der Waals surface area (Å²) in [5, 5.41) is 151. The molecule has 0 spiro atoms. The summed E-state index contributed by atoms with van der Waals surface area (Å²) in [5.74, 6) is 0.0557. The molecule has 6 aliphatic heterocycles. The molecule has 0 saturated carbocycles. The molecule has 20 atom stereocenters. The highest BCUT2D eigenvalue weighted by Gasteiger charge is 2.50. The van der Waals surface area contributed by atoms with Crippen LogP contribution in [0.4, 0.5) is 0 Å². The number of hydrogen-bond donors (Lipinski definition) is 16. The summed E-state index contributed by atoms with van der Waals surface area (Å²) in [6.45, 7) is -4.14. The number of rotatable bonds is 17. The van der Waals surface area contributed by atoms with Gasteiger partial charge < -0.3 is 120 Å². The number of ether oxygens (including phenoxy) is 8. The van der Waals surface area contributed by atoms with Crippen LogP contribution in [0.2, 0.25) is 0 Å². The molecule has 0 radical (unpaired) electrons. The molecule has 2 bridgehead atoms. The van der Waals surface area contributed by atoms with Gasteiger partial charge in [0.15, 0.2) is 30.3 Å². The molecule has 0 amide bonds. The van der Waals surface area contributed by atoms with Crippen LogP contribution in [-0.4, -0.2) is 257 Å². The fraction of sp³-hybridized carbons (Fsp3) is 0.971. The lowest BCUT2D eigenvalue weighted by Gasteiger charge is -2.45. The highest BCUT2D eigenvalue weighted by Crippen LogP contribution is 2.34. The minimum atomic E-state index is -1.90. The second-order valence-electron chi connectivity index (χ2n) is 15.9. The number of aliphatic hydroxyl groups excluding tert-OH is 14. The van der Waals surface area contributed by atoms with Gasteiger partial charge in [-0.2, -0.15) is 0 Å². The van der Waals surface area contributed by atoms with Crippen LogP contribution in [0.25, 0.3) is 0 Å². The Kier molecular flexibility index (Phi) is 19.8. The third-order valence-corrected chi connectivity index (χ3v) is 12.6. The molecule has 26 heteroatoms. The van der Waals surface area contributed by atoms with E-state index < -0.39 is 162 Å². The van der Waals surface area contributed by atoms with Crippen LogP contribution in [-0.2, 0) is 37.9 Å². The molecule has 0 aromatic rings. The molecule has 356 valence electrons. The third-order valence-electron chi connectivity index (χ3n) is 11.4. The first kappa shape index (κ1) is 51.1. The van der Waals surface area contributed by atoms with E-state index in [1.54, 1.807) is 0 Å². The van der Waals surface area contributed by atoms with E-state index in [2.05, 4.69) is 10.6 Å². The van der Waals surface area contributed by atoms with Crippen LogP contribution in [0.5, 0.6) is 0 Å². The monoisotopic (exact) mass is 926 g/mol. The van der Waals surface area contributed by atoms with Gasteiger partial charge in [-0.05, 0) is 25.1 Å². The Labute approximate surface area is 360 Å². The number of fused-ring (bicyclic) bond motifs is 7. The second kappa shape index (κ2) is 23.6. The fourth-order valence-corrected chi connectivity index (χ4v) is 8.96. The van der Waals surface area contributed by atoms with E-state index in [0.717, 1.165) is 19.3 Å². The molecule has 6 heterocycles. The summed E-state index contributed by atoms with van der Waals surface area (Å²) < 4.78 is 46.0. The van der Waals surface area contributed by atoms with Gasteiger partial charge in [-0.1, -0.05) is 12.8 Å². The Balaban J connectivity index is 1.36. The fourth-order valence-electron chi connectivity index (χ4n) is 7.65. The lowest BCUT2D eigenvalue weighted by Crippen LogP contribution is -2.66. The van der Waals surface area contributed by atoms with Gasteiger partial charge in [0, 0.05) is 18.3 Å². The van der Waals surface area contributed by atoms with Crippen molar-refractivity contribution in [3.8, 4) is 0 Å². The molecule has 6 aliphatic rings. The highest BCUT2D eigenvalue weighted by atomic mass is 32.2. The first-order chi connectivity index (χ1) is 29.1. The SMILES string of the molecule is OCC1O[C@H](OCC(CO[C@H]2OC(CO)[C@@H](O)[C@H](O)C2O)(CO[C@H]2OC(CO)[C@@H](O)[C@H](O)C2O)NC(=S)NCSCC2O[C@@H]3OCCCCCC2[C@@H](O)C3O)C(O)[C@@H](O)[C@@H]1O. The maximum Gasteiger partial charge on any atom is 0.186 e. The number of aliphatic hydroxyl groups is 14. The molecular weight excluding hydrogens is 865 g/mol. The Morgan fingerprint density at radius 2 is 1.02 bits per heavy atom. The van der Waals surface area contributed by atoms with Crippen LogP contribution >= 0.6 is 24.0 Å². The smallest absolute Gasteiger partial charge is 0.186 e. The first-order valence-electron chi connectivity index (χ1n) is 20.1. The molecular formula is C35H62N2O22S2. The first-order valence-corrected chi connectivity index (χ1v) is 21.7. The predicted molar refractivity (Wildman–Crippen MR) is 207 cm³/mol. The van der Waals surface area contributed by atoms with Gasteiger partial charge in [0.1, 0.15) is 84.9 Å². The molecule has 61 heavy (non-hydrogen) atoms. The normalized spacial score (nSPS) is 44.6. The van der Waals surface area contributed by atoms with Gasteiger partial charge in [-0.3, -0.25) is 0 Å². The van der Waals surface area contributed by atoms with Crippen molar-refractivity contribution in [3.63, 3.8) is 0 Å². The van der Waals surface area contributed by atoms with E-state index in [0.29, 0.717) is 18.8 Å². The predicted octanol–water partition coefficient (Wildman–Crippen LogP) is -8.02. The molecule has 9 unspecified atom stereocenters. The Bertz CT molecular complexity index is 1230. The topological polar surface area (TPSA) is 381 Å². The minimum Gasteiger partial charge on any atom is -0.394 e. The van der Waals surface area contributed by atoms with E-state index in [4.69, 9.17) is 50.1 Å². The van der Waals surface area contributed by atoms with Crippen molar-refractivity contribution in [1.29, 1.82) is 0 Å². The van der Waals surface area contributed by atoms with Crippen LogP contribution < -0.4 is 10.6 Å².